The van der Waals surface area contributed by atoms with Gasteiger partial charge in [0.05, 0.1) is 5.69 Å². The van der Waals surface area contributed by atoms with E-state index in [-0.39, 0.29) is 24.1 Å². The van der Waals surface area contributed by atoms with Crippen molar-refractivity contribution in [2.75, 3.05) is 13.1 Å². The number of pyridine rings is 2. The first kappa shape index (κ1) is 24.7. The van der Waals surface area contributed by atoms with Gasteiger partial charge in [-0.25, -0.2) is 4.98 Å². The molecule has 1 aromatic carbocycles. The minimum atomic E-state index is -0.578. The highest BCUT2D eigenvalue weighted by Crippen LogP contribution is 2.34. The number of fused-ring (bicyclic) bond motifs is 2. The Balaban J connectivity index is 0.987. The summed E-state index contributed by atoms with van der Waals surface area (Å²) in [4.78, 5) is 50.1. The molecule has 3 amide bonds. The molecule has 0 saturated carbocycles. The van der Waals surface area contributed by atoms with Crippen molar-refractivity contribution >= 4 is 23.4 Å². The van der Waals surface area contributed by atoms with E-state index in [1.807, 2.05) is 18.3 Å². The Labute approximate surface area is 231 Å². The van der Waals surface area contributed by atoms with Crippen LogP contribution in [-0.2, 0) is 22.7 Å². The molecule has 0 radical (unpaired) electrons. The van der Waals surface area contributed by atoms with Crippen LogP contribution >= 0.6 is 0 Å². The summed E-state index contributed by atoms with van der Waals surface area (Å²) in [6, 6.07) is 13.7. The third-order valence-corrected chi connectivity index (χ3v) is 8.49. The van der Waals surface area contributed by atoms with Crippen LogP contribution in [0.15, 0.2) is 67.3 Å². The highest BCUT2D eigenvalue weighted by Gasteiger charge is 2.39. The Bertz CT molecular complexity index is 1620. The molecule has 7 rings (SSSR count). The highest BCUT2D eigenvalue weighted by atomic mass is 16.2. The van der Waals surface area contributed by atoms with Crippen molar-refractivity contribution in [1.82, 2.24) is 29.5 Å². The zero-order valence-corrected chi connectivity index (χ0v) is 22.1. The number of carbonyl (C=O) groups is 3. The number of carbonyl (C=O) groups excluding carboxylic acids is 3. The lowest BCUT2D eigenvalue weighted by atomic mass is 9.88. The average Bonchev–Trinajstić information content (AvgIpc) is 3.53. The fraction of sp³-hybridized carbons (Fsp3) is 0.323. The van der Waals surface area contributed by atoms with E-state index >= 15 is 0 Å². The Morgan fingerprint density at radius 3 is 2.62 bits per heavy atom. The van der Waals surface area contributed by atoms with Gasteiger partial charge in [-0.2, -0.15) is 0 Å². The van der Waals surface area contributed by atoms with Crippen molar-refractivity contribution in [2.24, 2.45) is 0 Å². The maximum atomic E-state index is 13.0. The Morgan fingerprint density at radius 2 is 1.82 bits per heavy atom. The number of hydrogen-bond donors (Lipinski definition) is 1. The van der Waals surface area contributed by atoms with Gasteiger partial charge in [-0.05, 0) is 79.2 Å². The molecule has 202 valence electrons. The molecule has 4 aromatic rings. The van der Waals surface area contributed by atoms with Crippen LogP contribution in [0.4, 0.5) is 0 Å². The molecule has 1 N–H and O–H groups in total. The summed E-state index contributed by atoms with van der Waals surface area (Å²) in [5.74, 6) is -0.324. The van der Waals surface area contributed by atoms with Gasteiger partial charge in [-0.1, -0.05) is 18.2 Å². The van der Waals surface area contributed by atoms with Gasteiger partial charge in [0.1, 0.15) is 11.7 Å². The van der Waals surface area contributed by atoms with Gasteiger partial charge in [0.2, 0.25) is 11.8 Å². The van der Waals surface area contributed by atoms with Crippen LogP contribution in [0.25, 0.3) is 16.8 Å². The molecule has 2 fully saturated rings. The number of imide groups is 1. The SMILES string of the molecule is O=C1CCC(N2Cc3cc(C4CCN(Cc5cn6cc(-c7cccnc7)ccc6n5)CC4)ccc3C2=O)C(=O)N1. The van der Waals surface area contributed by atoms with Crippen molar-refractivity contribution in [3.8, 4) is 11.1 Å². The summed E-state index contributed by atoms with van der Waals surface area (Å²) in [7, 11) is 0. The molecule has 2 saturated heterocycles. The molecular formula is C31H30N6O3. The molecule has 0 aliphatic carbocycles. The van der Waals surface area contributed by atoms with E-state index < -0.39 is 6.04 Å². The van der Waals surface area contributed by atoms with Crippen LogP contribution in [-0.4, -0.2) is 61.0 Å². The Kier molecular flexibility index (Phi) is 6.15. The van der Waals surface area contributed by atoms with Crippen LogP contribution in [0.2, 0.25) is 0 Å². The minimum absolute atomic E-state index is 0.120. The van der Waals surface area contributed by atoms with Gasteiger partial charge < -0.3 is 9.30 Å². The molecule has 0 bridgehead atoms. The monoisotopic (exact) mass is 534 g/mol. The lowest BCUT2D eigenvalue weighted by Gasteiger charge is -2.31. The predicted octanol–water partition coefficient (Wildman–Crippen LogP) is 3.54. The third kappa shape index (κ3) is 4.56. The zero-order valence-electron chi connectivity index (χ0n) is 22.1. The predicted molar refractivity (Wildman–Crippen MR) is 148 cm³/mol. The van der Waals surface area contributed by atoms with E-state index in [1.54, 1.807) is 11.1 Å². The van der Waals surface area contributed by atoms with Crippen LogP contribution in [0, 0.1) is 0 Å². The number of piperidine rings is 2. The first-order valence-electron chi connectivity index (χ1n) is 13.9. The lowest BCUT2D eigenvalue weighted by molar-refractivity contribution is -0.136. The van der Waals surface area contributed by atoms with Crippen molar-refractivity contribution in [3.63, 3.8) is 0 Å². The molecule has 1 unspecified atom stereocenters. The van der Waals surface area contributed by atoms with Crippen LogP contribution < -0.4 is 5.32 Å². The summed E-state index contributed by atoms with van der Waals surface area (Å²) in [5.41, 5.74) is 7.10. The van der Waals surface area contributed by atoms with Crippen molar-refractivity contribution in [1.29, 1.82) is 0 Å². The average molecular weight is 535 g/mol. The number of benzene rings is 1. The number of imidazole rings is 1. The second-order valence-electron chi connectivity index (χ2n) is 11.0. The molecule has 6 heterocycles. The van der Waals surface area contributed by atoms with Crippen molar-refractivity contribution in [2.45, 2.75) is 50.7 Å². The number of nitrogens with zero attached hydrogens (tertiary/aromatic N) is 5. The van der Waals surface area contributed by atoms with Crippen LogP contribution in [0.5, 0.6) is 0 Å². The molecule has 9 heteroatoms. The largest absolute Gasteiger partial charge is 0.322 e. The van der Waals surface area contributed by atoms with Gasteiger partial charge in [-0.3, -0.25) is 29.6 Å². The quantitative estimate of drug-likeness (QED) is 0.393. The number of aromatic nitrogens is 3. The van der Waals surface area contributed by atoms with Gasteiger partial charge in [-0.15, -0.1) is 0 Å². The van der Waals surface area contributed by atoms with Gasteiger partial charge in [0, 0.05) is 55.4 Å². The molecule has 3 aliphatic heterocycles. The number of amides is 3. The summed E-state index contributed by atoms with van der Waals surface area (Å²) in [6.07, 6.45) is 10.6. The first-order valence-corrected chi connectivity index (χ1v) is 13.9. The second-order valence-corrected chi connectivity index (χ2v) is 11.0. The van der Waals surface area contributed by atoms with E-state index in [4.69, 9.17) is 4.98 Å². The molecule has 40 heavy (non-hydrogen) atoms. The number of hydrogen-bond acceptors (Lipinski definition) is 6. The smallest absolute Gasteiger partial charge is 0.255 e. The summed E-state index contributed by atoms with van der Waals surface area (Å²) in [5, 5.41) is 2.37. The van der Waals surface area contributed by atoms with Crippen LogP contribution in [0.1, 0.15) is 58.8 Å². The van der Waals surface area contributed by atoms with Crippen molar-refractivity contribution < 1.29 is 14.4 Å². The summed E-state index contributed by atoms with van der Waals surface area (Å²) in [6.45, 7) is 3.20. The van der Waals surface area contributed by atoms with Crippen molar-refractivity contribution in [3.05, 3.63) is 89.6 Å². The van der Waals surface area contributed by atoms with Gasteiger partial charge in [0.25, 0.3) is 5.91 Å². The van der Waals surface area contributed by atoms with Gasteiger partial charge >= 0.3 is 0 Å². The van der Waals surface area contributed by atoms with Crippen LogP contribution in [0.3, 0.4) is 0 Å². The number of nitrogens with one attached hydrogen (secondary N) is 1. The highest BCUT2D eigenvalue weighted by molar-refractivity contribution is 6.05. The topological polar surface area (TPSA) is 99.9 Å². The molecular weight excluding hydrogens is 504 g/mol. The summed E-state index contributed by atoms with van der Waals surface area (Å²) < 4.78 is 2.09. The number of rotatable bonds is 5. The molecule has 9 nitrogen and oxygen atoms in total. The number of likely N-dealkylation sites (tertiary alicyclic amines) is 1. The molecule has 1 atom stereocenters. The minimum Gasteiger partial charge on any atom is -0.322 e. The fourth-order valence-electron chi connectivity index (χ4n) is 6.33. The third-order valence-electron chi connectivity index (χ3n) is 8.49. The Morgan fingerprint density at radius 1 is 0.950 bits per heavy atom. The van der Waals surface area contributed by atoms with Gasteiger partial charge in [0.15, 0.2) is 0 Å². The van der Waals surface area contributed by atoms with E-state index in [0.29, 0.717) is 24.4 Å². The normalized spacial score (nSPS) is 20.2. The zero-order chi connectivity index (χ0) is 27.2. The summed E-state index contributed by atoms with van der Waals surface area (Å²) >= 11 is 0. The first-order chi connectivity index (χ1) is 19.5. The maximum absolute atomic E-state index is 13.0. The van der Waals surface area contributed by atoms with E-state index in [9.17, 15) is 14.4 Å². The van der Waals surface area contributed by atoms with E-state index in [0.717, 1.165) is 60.5 Å². The lowest BCUT2D eigenvalue weighted by Crippen LogP contribution is -2.52. The maximum Gasteiger partial charge on any atom is 0.255 e. The molecule has 3 aliphatic rings. The Hall–Kier alpha value is -4.37. The molecule has 3 aromatic heterocycles. The molecule has 0 spiro atoms. The van der Waals surface area contributed by atoms with E-state index in [2.05, 4.69) is 62.3 Å². The fourth-order valence-corrected chi connectivity index (χ4v) is 6.33. The second kappa shape index (κ2) is 9.98. The standard InChI is InChI=1S/C31H30N6O3/c38-29-8-6-27(30(39)34-29)37-17-24-14-21(3-5-26(24)31(37)40)20-9-12-35(13-10-20)18-25-19-36-16-23(4-7-28(36)33-25)22-2-1-11-32-15-22/h1-5,7,11,14-16,19-20,27H,6,8-10,12-13,17-18H2,(H,34,38,39). The van der Waals surface area contributed by atoms with E-state index in [1.165, 1.54) is 5.56 Å².